The van der Waals surface area contributed by atoms with E-state index in [1.807, 2.05) is 48.5 Å². The predicted molar refractivity (Wildman–Crippen MR) is 92.5 cm³/mol. The lowest BCUT2D eigenvalue weighted by Crippen LogP contribution is -1.94. The molecule has 0 saturated heterocycles. The van der Waals surface area contributed by atoms with Crippen LogP contribution in [-0.2, 0) is 0 Å². The molecule has 1 aliphatic carbocycles. The van der Waals surface area contributed by atoms with E-state index >= 15 is 0 Å². The van der Waals surface area contributed by atoms with Crippen molar-refractivity contribution < 1.29 is 9.47 Å². The van der Waals surface area contributed by atoms with Gasteiger partial charge >= 0.3 is 0 Å². The molecule has 24 heavy (non-hydrogen) atoms. The highest BCUT2D eigenvalue weighted by molar-refractivity contribution is 5.74. The van der Waals surface area contributed by atoms with Crippen LogP contribution in [0.1, 0.15) is 24.5 Å². The molecule has 1 saturated carbocycles. The van der Waals surface area contributed by atoms with E-state index in [1.54, 1.807) is 19.5 Å². The first kappa shape index (κ1) is 14.7. The fourth-order valence-corrected chi connectivity index (χ4v) is 2.73. The van der Waals surface area contributed by atoms with Gasteiger partial charge in [-0.3, -0.25) is 4.98 Å². The van der Waals surface area contributed by atoms with Gasteiger partial charge in [-0.15, -0.1) is 0 Å². The normalized spacial score (nSPS) is 13.5. The quantitative estimate of drug-likeness (QED) is 0.676. The molecule has 0 amide bonds. The van der Waals surface area contributed by atoms with Gasteiger partial charge in [-0.05, 0) is 43.2 Å². The molecule has 2 aromatic heterocycles. The minimum absolute atomic E-state index is 0.544. The molecule has 0 unspecified atom stereocenters. The van der Waals surface area contributed by atoms with Gasteiger partial charge in [0, 0.05) is 28.9 Å². The number of benzene rings is 1. The van der Waals surface area contributed by atoms with Crippen LogP contribution in [0.4, 0.5) is 0 Å². The first-order chi connectivity index (χ1) is 11.8. The summed E-state index contributed by atoms with van der Waals surface area (Å²) in [4.78, 5) is 8.89. The number of pyridine rings is 2. The van der Waals surface area contributed by atoms with Crippen molar-refractivity contribution in [3.05, 3.63) is 66.6 Å². The van der Waals surface area contributed by atoms with Crippen molar-refractivity contribution in [2.24, 2.45) is 0 Å². The van der Waals surface area contributed by atoms with Gasteiger partial charge in [0.25, 0.3) is 0 Å². The summed E-state index contributed by atoms with van der Waals surface area (Å²) in [6, 6.07) is 15.7. The van der Waals surface area contributed by atoms with Crippen LogP contribution in [0.2, 0.25) is 0 Å². The minimum atomic E-state index is 0.544. The van der Waals surface area contributed by atoms with Crippen LogP contribution in [0, 0.1) is 0 Å². The first-order valence-corrected chi connectivity index (χ1v) is 8.07. The zero-order chi connectivity index (χ0) is 16.4. The van der Waals surface area contributed by atoms with E-state index in [9.17, 15) is 0 Å². The monoisotopic (exact) mass is 318 g/mol. The van der Waals surface area contributed by atoms with Gasteiger partial charge < -0.3 is 9.47 Å². The smallest absolute Gasteiger partial charge is 0.227 e. The highest BCUT2D eigenvalue weighted by Gasteiger charge is 2.24. The molecular formula is C20H18N2O2. The van der Waals surface area contributed by atoms with E-state index in [4.69, 9.17) is 9.47 Å². The Balaban J connectivity index is 1.66. The summed E-state index contributed by atoms with van der Waals surface area (Å²) in [5.41, 5.74) is 2.99. The summed E-state index contributed by atoms with van der Waals surface area (Å²) >= 11 is 0. The Labute approximate surface area is 141 Å². The number of ether oxygens (including phenoxy) is 2. The van der Waals surface area contributed by atoms with Gasteiger partial charge in [-0.25, -0.2) is 4.98 Å². The molecule has 2 heterocycles. The van der Waals surface area contributed by atoms with Crippen molar-refractivity contribution in [3.63, 3.8) is 0 Å². The predicted octanol–water partition coefficient (Wildman–Crippen LogP) is 4.82. The average molecular weight is 318 g/mol. The van der Waals surface area contributed by atoms with Crippen LogP contribution in [-0.4, -0.2) is 17.1 Å². The Bertz CT molecular complexity index is 842. The van der Waals surface area contributed by atoms with Gasteiger partial charge in [0.1, 0.15) is 11.5 Å². The molecule has 4 nitrogen and oxygen atoms in total. The number of rotatable bonds is 5. The van der Waals surface area contributed by atoms with E-state index in [1.165, 1.54) is 12.8 Å². The van der Waals surface area contributed by atoms with E-state index in [0.29, 0.717) is 17.5 Å². The molecule has 0 spiro atoms. The van der Waals surface area contributed by atoms with Crippen molar-refractivity contribution in [1.29, 1.82) is 0 Å². The topological polar surface area (TPSA) is 44.2 Å². The SMILES string of the molecule is COc1ccccc1-c1cccnc1Oc1ccc(C2CC2)nc1. The second kappa shape index (κ2) is 6.32. The lowest BCUT2D eigenvalue weighted by Gasteiger charge is -2.12. The van der Waals surface area contributed by atoms with Crippen LogP contribution in [0.25, 0.3) is 11.1 Å². The molecule has 0 bridgehead atoms. The van der Waals surface area contributed by atoms with E-state index in [-0.39, 0.29) is 0 Å². The maximum Gasteiger partial charge on any atom is 0.227 e. The number of hydrogen-bond acceptors (Lipinski definition) is 4. The zero-order valence-corrected chi connectivity index (χ0v) is 13.5. The van der Waals surface area contributed by atoms with Gasteiger partial charge in [0.2, 0.25) is 5.88 Å². The standard InChI is InChI=1S/C20H18N2O2/c1-23-19-7-3-2-5-16(19)17-6-4-12-21-20(17)24-15-10-11-18(22-13-15)14-8-9-14/h2-7,10-14H,8-9H2,1H3. The van der Waals surface area contributed by atoms with Gasteiger partial charge in [0.05, 0.1) is 13.3 Å². The van der Waals surface area contributed by atoms with Crippen molar-refractivity contribution in [1.82, 2.24) is 9.97 Å². The molecule has 0 atom stereocenters. The lowest BCUT2D eigenvalue weighted by molar-refractivity contribution is 0.415. The molecule has 4 heteroatoms. The average Bonchev–Trinajstić information content (AvgIpc) is 3.48. The molecule has 3 aromatic rings. The lowest BCUT2D eigenvalue weighted by atomic mass is 10.1. The Hall–Kier alpha value is -2.88. The molecule has 1 fully saturated rings. The van der Waals surface area contributed by atoms with E-state index < -0.39 is 0 Å². The summed E-state index contributed by atoms with van der Waals surface area (Å²) in [6.07, 6.45) is 5.98. The third-order valence-electron chi connectivity index (χ3n) is 4.14. The van der Waals surface area contributed by atoms with Crippen molar-refractivity contribution in [2.45, 2.75) is 18.8 Å². The maximum absolute atomic E-state index is 5.99. The molecule has 0 N–H and O–H groups in total. The molecule has 4 rings (SSSR count). The second-order valence-electron chi connectivity index (χ2n) is 5.85. The molecule has 0 aliphatic heterocycles. The van der Waals surface area contributed by atoms with Crippen molar-refractivity contribution in [2.75, 3.05) is 7.11 Å². The summed E-state index contributed by atoms with van der Waals surface area (Å²) in [5.74, 6) is 2.66. The van der Waals surface area contributed by atoms with Crippen LogP contribution < -0.4 is 9.47 Å². The highest BCUT2D eigenvalue weighted by Crippen LogP contribution is 2.40. The number of methoxy groups -OCH3 is 1. The number of aromatic nitrogens is 2. The molecule has 1 aliphatic rings. The van der Waals surface area contributed by atoms with Crippen LogP contribution in [0.5, 0.6) is 17.4 Å². The summed E-state index contributed by atoms with van der Waals surface area (Å²) in [5, 5.41) is 0. The van der Waals surface area contributed by atoms with Gasteiger partial charge in [-0.2, -0.15) is 0 Å². The highest BCUT2D eigenvalue weighted by atomic mass is 16.5. The zero-order valence-electron chi connectivity index (χ0n) is 13.5. The first-order valence-electron chi connectivity index (χ1n) is 8.07. The Morgan fingerprint density at radius 3 is 2.50 bits per heavy atom. The van der Waals surface area contributed by atoms with Crippen LogP contribution >= 0.6 is 0 Å². The number of para-hydroxylation sites is 1. The number of nitrogens with zero attached hydrogens (tertiary/aromatic N) is 2. The molecule has 0 radical (unpaired) electrons. The Kier molecular flexibility index (Phi) is 3.87. The van der Waals surface area contributed by atoms with Gasteiger partial charge in [0.15, 0.2) is 0 Å². The molecule has 1 aromatic carbocycles. The van der Waals surface area contributed by atoms with Crippen molar-refractivity contribution in [3.8, 4) is 28.5 Å². The van der Waals surface area contributed by atoms with Crippen LogP contribution in [0.15, 0.2) is 60.9 Å². The van der Waals surface area contributed by atoms with Gasteiger partial charge in [-0.1, -0.05) is 18.2 Å². The molecular weight excluding hydrogens is 300 g/mol. The number of hydrogen-bond donors (Lipinski definition) is 0. The maximum atomic E-state index is 5.99. The largest absolute Gasteiger partial charge is 0.496 e. The summed E-state index contributed by atoms with van der Waals surface area (Å²) < 4.78 is 11.4. The third kappa shape index (κ3) is 2.95. The fourth-order valence-electron chi connectivity index (χ4n) is 2.73. The minimum Gasteiger partial charge on any atom is -0.496 e. The summed E-state index contributed by atoms with van der Waals surface area (Å²) in [7, 11) is 1.66. The molecule has 120 valence electrons. The Morgan fingerprint density at radius 2 is 1.75 bits per heavy atom. The third-order valence-corrected chi connectivity index (χ3v) is 4.14. The van der Waals surface area contributed by atoms with Crippen molar-refractivity contribution >= 4 is 0 Å². The van der Waals surface area contributed by atoms with E-state index in [2.05, 4.69) is 9.97 Å². The second-order valence-corrected chi connectivity index (χ2v) is 5.85. The Morgan fingerprint density at radius 1 is 0.917 bits per heavy atom. The van der Waals surface area contributed by atoms with E-state index in [0.717, 1.165) is 22.6 Å². The summed E-state index contributed by atoms with van der Waals surface area (Å²) in [6.45, 7) is 0. The van der Waals surface area contributed by atoms with Crippen LogP contribution in [0.3, 0.4) is 0 Å². The fraction of sp³-hybridized carbons (Fsp3) is 0.200.